The van der Waals surface area contributed by atoms with Crippen molar-refractivity contribution < 1.29 is 14.3 Å². The lowest BCUT2D eigenvalue weighted by Crippen LogP contribution is -2.46. The van der Waals surface area contributed by atoms with E-state index >= 15 is 0 Å². The molecule has 0 radical (unpaired) electrons. The van der Waals surface area contributed by atoms with E-state index in [0.29, 0.717) is 16.7 Å². The number of carbonyl (C=O) groups excluding carboxylic acids is 2. The zero-order chi connectivity index (χ0) is 23.4. The van der Waals surface area contributed by atoms with Crippen LogP contribution in [0, 0.1) is 6.92 Å². The number of likely N-dealkylation sites (N-methyl/N-ethyl adjacent to an activating group) is 1. The van der Waals surface area contributed by atoms with Gasteiger partial charge in [0.15, 0.2) is 0 Å². The van der Waals surface area contributed by atoms with E-state index in [0.717, 1.165) is 71.7 Å². The minimum Gasteiger partial charge on any atom is -0.490 e. The maximum absolute atomic E-state index is 13.4. The van der Waals surface area contributed by atoms with Gasteiger partial charge in [-0.2, -0.15) is 0 Å². The Morgan fingerprint density at radius 3 is 2.85 bits per heavy atom. The predicted octanol–water partition coefficient (Wildman–Crippen LogP) is 4.65. The number of thiophene rings is 1. The molecule has 6 rings (SSSR count). The summed E-state index contributed by atoms with van der Waals surface area (Å²) < 4.78 is 5.91. The number of aryl methyl sites for hydroxylation is 1. The fourth-order valence-corrected chi connectivity index (χ4v) is 5.87. The van der Waals surface area contributed by atoms with Crippen LogP contribution in [-0.4, -0.2) is 54.1 Å². The third-order valence-corrected chi connectivity index (χ3v) is 7.74. The van der Waals surface area contributed by atoms with Gasteiger partial charge in [0.1, 0.15) is 15.5 Å². The van der Waals surface area contributed by atoms with Crippen LogP contribution in [-0.2, 0) is 0 Å². The van der Waals surface area contributed by atoms with Crippen molar-refractivity contribution in [1.29, 1.82) is 0 Å². The van der Waals surface area contributed by atoms with Gasteiger partial charge in [0.25, 0.3) is 5.91 Å². The van der Waals surface area contributed by atoms with Gasteiger partial charge in [0.2, 0.25) is 0 Å². The number of hydrogen-bond acceptors (Lipinski definition) is 6. The molecule has 0 bridgehead atoms. The lowest BCUT2D eigenvalue weighted by atomic mass is 10.1. The highest BCUT2D eigenvalue weighted by molar-refractivity contribution is 7.21. The highest BCUT2D eigenvalue weighted by atomic mass is 32.1. The normalized spacial score (nSPS) is 20.4. The fourth-order valence-electron chi connectivity index (χ4n) is 4.85. The maximum Gasteiger partial charge on any atom is 0.331 e. The van der Waals surface area contributed by atoms with Crippen molar-refractivity contribution in [2.45, 2.75) is 44.8 Å². The first-order chi connectivity index (χ1) is 16.5. The number of urea groups is 1. The van der Waals surface area contributed by atoms with Crippen LogP contribution in [0.3, 0.4) is 0 Å². The molecule has 1 saturated carbocycles. The molecule has 0 unspecified atom stereocenters. The highest BCUT2D eigenvalue weighted by Gasteiger charge is 2.34. The van der Waals surface area contributed by atoms with Crippen molar-refractivity contribution in [3.63, 3.8) is 0 Å². The van der Waals surface area contributed by atoms with Crippen LogP contribution in [0.4, 0.5) is 21.9 Å². The molecule has 9 heteroatoms. The zero-order valence-corrected chi connectivity index (χ0v) is 20.1. The molecule has 1 saturated heterocycles. The van der Waals surface area contributed by atoms with E-state index in [1.54, 1.807) is 11.1 Å². The minimum atomic E-state index is -0.288. The number of aromatic nitrogens is 1. The fraction of sp³-hybridized carbons (Fsp3) is 0.400. The van der Waals surface area contributed by atoms with Crippen molar-refractivity contribution in [3.8, 4) is 5.75 Å². The third kappa shape index (κ3) is 3.78. The maximum atomic E-state index is 13.4. The number of benzene rings is 1. The van der Waals surface area contributed by atoms with Crippen molar-refractivity contribution >= 4 is 50.6 Å². The number of rotatable bonds is 5. The summed E-state index contributed by atoms with van der Waals surface area (Å²) in [6.45, 7) is 3.85. The Bertz CT molecular complexity index is 1300. The van der Waals surface area contributed by atoms with Crippen molar-refractivity contribution in [3.05, 3.63) is 40.9 Å². The van der Waals surface area contributed by atoms with Gasteiger partial charge < -0.3 is 20.3 Å². The standard InChI is InChI=1S/C25H27N5O3S/c1-14-12-17(33-16-5-6-16)7-8-18(14)30-19-9-10-26-24-20(19)21(28-25(30)32)22(34-24)23(31)27-15-4-3-11-29(2)13-15/h7-10,12,15-16H,3-6,11,13H2,1-2H3,(H,27,31)(H,28,32)/t15-/m1/s1. The van der Waals surface area contributed by atoms with E-state index < -0.39 is 0 Å². The Labute approximate surface area is 201 Å². The summed E-state index contributed by atoms with van der Waals surface area (Å²) in [5, 5.41) is 6.95. The molecule has 2 fully saturated rings. The number of nitrogens with zero attached hydrogens (tertiary/aromatic N) is 3. The lowest BCUT2D eigenvalue weighted by Gasteiger charge is -2.31. The van der Waals surface area contributed by atoms with Gasteiger partial charge in [-0.25, -0.2) is 9.78 Å². The molecule has 1 aliphatic carbocycles. The topological polar surface area (TPSA) is 86.8 Å². The summed E-state index contributed by atoms with van der Waals surface area (Å²) in [4.78, 5) is 36.2. The van der Waals surface area contributed by atoms with Gasteiger partial charge in [0, 0.05) is 18.8 Å². The number of pyridine rings is 1. The van der Waals surface area contributed by atoms with Gasteiger partial charge in [-0.15, -0.1) is 11.3 Å². The van der Waals surface area contributed by atoms with Crippen molar-refractivity contribution in [1.82, 2.24) is 15.2 Å². The van der Waals surface area contributed by atoms with E-state index in [4.69, 9.17) is 4.74 Å². The summed E-state index contributed by atoms with van der Waals surface area (Å²) in [6, 6.07) is 7.46. The molecule has 3 aliphatic rings. The number of nitrogens with one attached hydrogen (secondary N) is 2. The summed E-state index contributed by atoms with van der Waals surface area (Å²) >= 11 is 1.32. The van der Waals surface area contributed by atoms with Gasteiger partial charge in [-0.05, 0) is 76.0 Å². The quantitative estimate of drug-likeness (QED) is 0.559. The molecule has 2 N–H and O–H groups in total. The zero-order valence-electron chi connectivity index (χ0n) is 19.3. The second-order valence-electron chi connectivity index (χ2n) is 9.42. The molecule has 4 heterocycles. The number of likely N-dealkylation sites (tertiary alicyclic amines) is 1. The van der Waals surface area contributed by atoms with Gasteiger partial charge >= 0.3 is 6.03 Å². The first kappa shape index (κ1) is 21.4. The molecule has 1 atom stereocenters. The van der Waals surface area contributed by atoms with E-state index in [9.17, 15) is 9.59 Å². The number of amides is 3. The summed E-state index contributed by atoms with van der Waals surface area (Å²) in [5.74, 6) is 0.667. The van der Waals surface area contributed by atoms with Crippen molar-refractivity contribution in [2.75, 3.05) is 30.4 Å². The van der Waals surface area contributed by atoms with E-state index in [1.165, 1.54) is 11.3 Å². The van der Waals surface area contributed by atoms with Crippen LogP contribution in [0.1, 0.15) is 40.9 Å². The Hall–Kier alpha value is -3.17. The van der Waals surface area contributed by atoms with E-state index in [1.807, 2.05) is 31.2 Å². The molecule has 3 amide bonds. The molecule has 1 aromatic carbocycles. The largest absolute Gasteiger partial charge is 0.490 e. The first-order valence-corrected chi connectivity index (χ1v) is 12.6. The molecule has 3 aromatic rings. The van der Waals surface area contributed by atoms with Crippen LogP contribution >= 0.6 is 11.3 Å². The Morgan fingerprint density at radius 2 is 2.09 bits per heavy atom. The number of carbonyl (C=O) groups is 2. The predicted molar refractivity (Wildman–Crippen MR) is 134 cm³/mol. The second-order valence-corrected chi connectivity index (χ2v) is 10.4. The lowest BCUT2D eigenvalue weighted by molar-refractivity contribution is 0.0917. The van der Waals surface area contributed by atoms with Crippen LogP contribution in [0.5, 0.6) is 5.75 Å². The SMILES string of the molecule is Cc1cc(OC2CC2)ccc1N1C(=O)Nc2c(C(=O)N[C@@H]3CCCN(C)C3)sc3nccc1c23. The molecule has 34 heavy (non-hydrogen) atoms. The average molecular weight is 478 g/mol. The molecule has 2 aromatic heterocycles. The Morgan fingerprint density at radius 1 is 1.24 bits per heavy atom. The van der Waals surface area contributed by atoms with Crippen LogP contribution < -0.4 is 20.3 Å². The number of ether oxygens (including phenoxy) is 1. The first-order valence-electron chi connectivity index (χ1n) is 11.8. The number of piperidine rings is 1. The average Bonchev–Trinajstić information content (AvgIpc) is 3.54. The molecule has 176 valence electrons. The summed E-state index contributed by atoms with van der Waals surface area (Å²) in [7, 11) is 2.07. The molecular formula is C25H27N5O3S. The van der Waals surface area contributed by atoms with Crippen LogP contribution in [0.2, 0.25) is 0 Å². The van der Waals surface area contributed by atoms with Gasteiger partial charge in [0.05, 0.1) is 28.6 Å². The number of anilines is 3. The van der Waals surface area contributed by atoms with Crippen LogP contribution in [0.25, 0.3) is 10.2 Å². The molecule has 0 spiro atoms. The van der Waals surface area contributed by atoms with Gasteiger partial charge in [-0.1, -0.05) is 0 Å². The summed E-state index contributed by atoms with van der Waals surface area (Å²) in [5.41, 5.74) is 3.00. The Balaban J connectivity index is 1.35. The van der Waals surface area contributed by atoms with E-state index in [2.05, 4.69) is 27.6 Å². The second kappa shape index (κ2) is 8.25. The minimum absolute atomic E-state index is 0.103. The molecular weight excluding hydrogens is 450 g/mol. The third-order valence-electron chi connectivity index (χ3n) is 6.65. The smallest absolute Gasteiger partial charge is 0.331 e. The number of hydrogen-bond donors (Lipinski definition) is 2. The molecule has 2 aliphatic heterocycles. The van der Waals surface area contributed by atoms with E-state index in [-0.39, 0.29) is 18.0 Å². The summed E-state index contributed by atoms with van der Waals surface area (Å²) in [6.07, 6.45) is 6.22. The Kier molecular flexibility index (Phi) is 5.18. The van der Waals surface area contributed by atoms with Crippen LogP contribution in [0.15, 0.2) is 30.5 Å². The monoisotopic (exact) mass is 477 g/mol. The van der Waals surface area contributed by atoms with Gasteiger partial charge in [-0.3, -0.25) is 9.69 Å². The van der Waals surface area contributed by atoms with Crippen molar-refractivity contribution in [2.24, 2.45) is 0 Å². The molecule has 8 nitrogen and oxygen atoms in total. The highest BCUT2D eigenvalue weighted by Crippen LogP contribution is 2.46.